The van der Waals surface area contributed by atoms with E-state index in [0.717, 1.165) is 25.7 Å². The number of carbonyl (C=O) groups excluding carboxylic acids is 3. The van der Waals surface area contributed by atoms with Crippen LogP contribution >= 0.6 is 11.3 Å². The number of ether oxygens (including phenoxy) is 1. The molecule has 0 saturated heterocycles. The van der Waals surface area contributed by atoms with Gasteiger partial charge in [0.1, 0.15) is 4.88 Å². The first-order valence-corrected chi connectivity index (χ1v) is 9.13. The highest BCUT2D eigenvalue weighted by atomic mass is 32.1. The molecule has 2 rings (SSSR count). The topological polar surface area (TPSA) is 84.5 Å². The first kappa shape index (κ1) is 18.4. The Balaban J connectivity index is 1.78. The van der Waals surface area contributed by atoms with Crippen LogP contribution in [0.2, 0.25) is 0 Å². The molecule has 6 nitrogen and oxygen atoms in total. The molecule has 1 heterocycles. The minimum absolute atomic E-state index is 0.290. The van der Waals surface area contributed by atoms with Gasteiger partial charge in [0.05, 0.1) is 0 Å². The first-order chi connectivity index (χ1) is 11.5. The Morgan fingerprint density at radius 3 is 2.71 bits per heavy atom. The van der Waals surface area contributed by atoms with E-state index in [1.54, 1.807) is 0 Å². The van der Waals surface area contributed by atoms with Crippen molar-refractivity contribution in [2.75, 3.05) is 13.2 Å². The van der Waals surface area contributed by atoms with Gasteiger partial charge in [0, 0.05) is 11.4 Å². The molecule has 0 fully saturated rings. The highest BCUT2D eigenvalue weighted by molar-refractivity contribution is 7.14. The van der Waals surface area contributed by atoms with Gasteiger partial charge in [-0.25, -0.2) is 9.59 Å². The van der Waals surface area contributed by atoms with E-state index in [-0.39, 0.29) is 5.92 Å². The van der Waals surface area contributed by atoms with Gasteiger partial charge < -0.3 is 10.1 Å². The van der Waals surface area contributed by atoms with E-state index in [2.05, 4.69) is 10.6 Å². The molecule has 0 unspecified atom stereocenters. The Morgan fingerprint density at radius 2 is 1.96 bits per heavy atom. The Morgan fingerprint density at radius 1 is 1.21 bits per heavy atom. The van der Waals surface area contributed by atoms with Crippen LogP contribution in [-0.2, 0) is 22.4 Å². The van der Waals surface area contributed by atoms with E-state index in [1.807, 2.05) is 19.9 Å². The lowest BCUT2D eigenvalue weighted by Gasteiger charge is -2.08. The lowest BCUT2D eigenvalue weighted by molar-refractivity contribution is -0.123. The molecule has 0 spiro atoms. The summed E-state index contributed by atoms with van der Waals surface area (Å²) in [5.74, 6) is -0.855. The van der Waals surface area contributed by atoms with Crippen LogP contribution in [0.25, 0.3) is 0 Å². The molecule has 132 valence electrons. The van der Waals surface area contributed by atoms with Gasteiger partial charge in [0.25, 0.3) is 5.91 Å². The number of nitrogens with one attached hydrogen (secondary N) is 2. The minimum atomic E-state index is -0.636. The molecule has 0 aliphatic heterocycles. The van der Waals surface area contributed by atoms with Crippen LogP contribution in [0.1, 0.15) is 53.2 Å². The number of urea groups is 1. The van der Waals surface area contributed by atoms with Crippen LogP contribution in [0.3, 0.4) is 0 Å². The number of esters is 1. The van der Waals surface area contributed by atoms with Crippen molar-refractivity contribution in [2.24, 2.45) is 5.92 Å². The Labute approximate surface area is 146 Å². The summed E-state index contributed by atoms with van der Waals surface area (Å²) in [4.78, 5) is 36.9. The van der Waals surface area contributed by atoms with Gasteiger partial charge in [0.2, 0.25) is 0 Å². The van der Waals surface area contributed by atoms with Gasteiger partial charge in [-0.2, -0.15) is 0 Å². The summed E-state index contributed by atoms with van der Waals surface area (Å²) >= 11 is 1.45. The molecule has 24 heavy (non-hydrogen) atoms. The first-order valence-electron chi connectivity index (χ1n) is 8.32. The second-order valence-electron chi connectivity index (χ2n) is 6.35. The largest absolute Gasteiger partial charge is 0.451 e. The van der Waals surface area contributed by atoms with Crippen molar-refractivity contribution in [3.63, 3.8) is 0 Å². The molecule has 1 aliphatic carbocycles. The van der Waals surface area contributed by atoms with Gasteiger partial charge in [-0.05, 0) is 43.2 Å². The number of amides is 3. The van der Waals surface area contributed by atoms with Crippen LogP contribution in [0, 0.1) is 5.92 Å². The van der Waals surface area contributed by atoms with Crippen LogP contribution in [0.5, 0.6) is 0 Å². The second-order valence-corrected chi connectivity index (χ2v) is 7.48. The van der Waals surface area contributed by atoms with Crippen LogP contribution < -0.4 is 10.6 Å². The normalized spacial score (nSPS) is 13.8. The quantitative estimate of drug-likeness (QED) is 0.630. The zero-order valence-electron chi connectivity index (χ0n) is 14.1. The van der Waals surface area contributed by atoms with E-state index in [4.69, 9.17) is 4.74 Å². The fourth-order valence-corrected chi connectivity index (χ4v) is 3.62. The van der Waals surface area contributed by atoms with E-state index in [0.29, 0.717) is 11.4 Å². The Hall–Kier alpha value is -1.89. The van der Waals surface area contributed by atoms with Crippen molar-refractivity contribution in [1.29, 1.82) is 0 Å². The standard InChI is InChI=1S/C17H24N2O4S/c1-11(2)9-18-17(22)19-15(20)10-23-16(21)14-8-12-6-4-3-5-7-13(12)24-14/h8,11H,3-7,9-10H2,1-2H3,(H2,18,19,20,22). The maximum Gasteiger partial charge on any atom is 0.348 e. The third kappa shape index (κ3) is 5.63. The summed E-state index contributed by atoms with van der Waals surface area (Å²) in [6, 6.07) is 1.30. The number of carbonyl (C=O) groups is 3. The second kappa shape index (κ2) is 8.82. The molecule has 1 aromatic heterocycles. The summed E-state index contributed by atoms with van der Waals surface area (Å²) < 4.78 is 5.00. The van der Waals surface area contributed by atoms with E-state index in [9.17, 15) is 14.4 Å². The third-order valence-corrected chi connectivity index (χ3v) is 4.92. The molecule has 0 atom stereocenters. The zero-order chi connectivity index (χ0) is 17.5. The van der Waals surface area contributed by atoms with E-state index < -0.39 is 24.5 Å². The van der Waals surface area contributed by atoms with E-state index >= 15 is 0 Å². The predicted octanol–water partition coefficient (Wildman–Crippen LogP) is 2.66. The number of thiophene rings is 1. The zero-order valence-corrected chi connectivity index (χ0v) is 15.0. The lowest BCUT2D eigenvalue weighted by atomic mass is 10.1. The van der Waals surface area contributed by atoms with Crippen LogP contribution in [0.15, 0.2) is 6.07 Å². The maximum atomic E-state index is 12.1. The molecule has 2 N–H and O–H groups in total. The number of fused-ring (bicyclic) bond motifs is 1. The van der Waals surface area contributed by atoms with Crippen molar-refractivity contribution in [3.05, 3.63) is 21.4 Å². The Kier molecular flexibility index (Phi) is 6.78. The third-order valence-electron chi connectivity index (χ3n) is 3.71. The van der Waals surface area contributed by atoms with Gasteiger partial charge in [-0.1, -0.05) is 20.3 Å². The molecule has 0 aromatic carbocycles. The van der Waals surface area contributed by atoms with Crippen molar-refractivity contribution < 1.29 is 19.1 Å². The summed E-state index contributed by atoms with van der Waals surface area (Å²) in [6.45, 7) is 3.91. The van der Waals surface area contributed by atoms with Gasteiger partial charge in [-0.3, -0.25) is 10.1 Å². The van der Waals surface area contributed by atoms with Gasteiger partial charge in [-0.15, -0.1) is 11.3 Å². The summed E-state index contributed by atoms with van der Waals surface area (Å²) in [5, 5.41) is 4.70. The van der Waals surface area contributed by atoms with E-state index in [1.165, 1.54) is 28.2 Å². The average molecular weight is 352 g/mol. The average Bonchev–Trinajstić information content (AvgIpc) is 2.81. The minimum Gasteiger partial charge on any atom is -0.451 e. The highest BCUT2D eigenvalue weighted by Gasteiger charge is 2.18. The van der Waals surface area contributed by atoms with Crippen molar-refractivity contribution >= 4 is 29.2 Å². The molecule has 7 heteroatoms. The smallest absolute Gasteiger partial charge is 0.348 e. The lowest BCUT2D eigenvalue weighted by Crippen LogP contribution is -2.42. The number of rotatable bonds is 5. The fraction of sp³-hybridized carbons (Fsp3) is 0.588. The van der Waals surface area contributed by atoms with Crippen molar-refractivity contribution in [1.82, 2.24) is 10.6 Å². The predicted molar refractivity (Wildman–Crippen MR) is 92.2 cm³/mol. The molecule has 1 aliphatic rings. The molecule has 0 saturated carbocycles. The number of hydrogen-bond donors (Lipinski definition) is 2. The number of imide groups is 1. The maximum absolute atomic E-state index is 12.1. The molecule has 1 aromatic rings. The summed E-state index contributed by atoms with van der Waals surface area (Å²) in [7, 11) is 0. The van der Waals surface area contributed by atoms with Gasteiger partial charge in [0.15, 0.2) is 6.61 Å². The highest BCUT2D eigenvalue weighted by Crippen LogP contribution is 2.29. The summed E-state index contributed by atoms with van der Waals surface area (Å²) in [6.07, 6.45) is 5.52. The number of aryl methyl sites for hydroxylation is 2. The molecule has 3 amide bonds. The summed E-state index contributed by atoms with van der Waals surface area (Å²) in [5.41, 5.74) is 1.22. The Bertz CT molecular complexity index is 586. The molecular weight excluding hydrogens is 328 g/mol. The fourth-order valence-electron chi connectivity index (χ4n) is 2.47. The molecular formula is C17H24N2O4S. The molecule has 0 radical (unpaired) electrons. The van der Waals surface area contributed by atoms with Gasteiger partial charge >= 0.3 is 12.0 Å². The van der Waals surface area contributed by atoms with Crippen LogP contribution in [0.4, 0.5) is 4.79 Å². The SMILES string of the molecule is CC(C)CNC(=O)NC(=O)COC(=O)c1cc2c(s1)CCCCC2. The van der Waals surface area contributed by atoms with Crippen molar-refractivity contribution in [3.8, 4) is 0 Å². The van der Waals surface area contributed by atoms with Crippen LogP contribution in [-0.4, -0.2) is 31.1 Å². The monoisotopic (exact) mass is 352 g/mol. The number of hydrogen-bond acceptors (Lipinski definition) is 5. The molecule has 0 bridgehead atoms. The van der Waals surface area contributed by atoms with Crippen molar-refractivity contribution in [2.45, 2.75) is 46.0 Å².